The molecule has 5 fully saturated rings. The highest BCUT2D eigenvalue weighted by molar-refractivity contribution is 6.04. The number of aliphatic hydroxyl groups excluding tert-OH is 1. The van der Waals surface area contributed by atoms with Gasteiger partial charge in [-0.3, -0.25) is 0 Å². The van der Waals surface area contributed by atoms with E-state index in [-0.39, 0.29) is 28.8 Å². The molecule has 3 N–H and O–H groups in total. The minimum Gasteiger partial charge on any atom is -0.508 e. The molecule has 4 heterocycles. The van der Waals surface area contributed by atoms with Gasteiger partial charge >= 0.3 is 6.01 Å². The Morgan fingerprint density at radius 3 is 2.48 bits per heavy atom. The van der Waals surface area contributed by atoms with Crippen LogP contribution in [0.15, 0.2) is 42.5 Å². The second kappa shape index (κ2) is 11.3. The maximum atomic E-state index is 16.9. The van der Waals surface area contributed by atoms with Crippen molar-refractivity contribution in [1.82, 2.24) is 20.2 Å². The predicted molar refractivity (Wildman–Crippen MR) is 185 cm³/mol. The minimum atomic E-state index is -0.484. The number of phenols is 1. The van der Waals surface area contributed by atoms with Crippen LogP contribution in [0.4, 0.5) is 10.2 Å². The topological polar surface area (TPSA) is 94.0 Å². The highest BCUT2D eigenvalue weighted by Crippen LogP contribution is 2.51. The Hall–Kier alpha value is -3.97. The molecule has 5 aliphatic rings. The lowest BCUT2D eigenvalue weighted by atomic mass is 9.61. The molecule has 3 saturated heterocycles. The number of phenolic OH excluding ortho intramolecular Hbond substituents is 1. The monoisotopic (exact) mass is 647 g/mol. The number of nitrogens with one attached hydrogen (secondary N) is 1. The Bertz CT molecular complexity index is 1940. The molecule has 4 aromatic rings. The Kier molecular flexibility index (Phi) is 7.09. The van der Waals surface area contributed by atoms with Crippen LogP contribution in [-0.2, 0) is 0 Å². The Labute approximate surface area is 280 Å². The van der Waals surface area contributed by atoms with E-state index in [2.05, 4.69) is 21.0 Å². The van der Waals surface area contributed by atoms with Gasteiger partial charge in [0.2, 0.25) is 0 Å². The standard InChI is InChI=1S/C39H42FN5O3/c1-2-24-4-3-5-25-16-28(46)17-32(33(24)25)30-8-9-31-35(34(30)40)42-37(43-36(31)45-20-26-6-7-27(21-45)41-26)48-23-39(10-11-39)22-44-14-12-38(13-15-44)18-29(47)19-38/h1,3-5,8-9,16-17,26-27,29,41,46-47H,6-7,10-15,18-23H2. The summed E-state index contributed by atoms with van der Waals surface area (Å²) in [4.78, 5) is 14.5. The van der Waals surface area contributed by atoms with Gasteiger partial charge in [0.25, 0.3) is 0 Å². The van der Waals surface area contributed by atoms with Crippen LogP contribution in [0.25, 0.3) is 32.8 Å². The van der Waals surface area contributed by atoms with E-state index in [1.54, 1.807) is 18.2 Å². The number of piperidine rings is 1. The van der Waals surface area contributed by atoms with Crippen LogP contribution in [0.2, 0.25) is 0 Å². The number of aliphatic hydroxyl groups is 1. The molecule has 1 spiro atoms. The summed E-state index contributed by atoms with van der Waals surface area (Å²) < 4.78 is 23.4. The van der Waals surface area contributed by atoms with Gasteiger partial charge in [0.1, 0.15) is 17.1 Å². The van der Waals surface area contributed by atoms with Gasteiger partial charge in [0.15, 0.2) is 5.82 Å². The number of piperazine rings is 1. The summed E-state index contributed by atoms with van der Waals surface area (Å²) in [5.41, 5.74) is 2.11. The molecule has 3 aliphatic heterocycles. The number of anilines is 1. The summed E-state index contributed by atoms with van der Waals surface area (Å²) in [5, 5.41) is 26.3. The fraction of sp³-hybridized carbons (Fsp3) is 0.487. The third-order valence-electron chi connectivity index (χ3n) is 12.0. The van der Waals surface area contributed by atoms with Gasteiger partial charge in [0, 0.05) is 59.0 Å². The highest BCUT2D eigenvalue weighted by Gasteiger charge is 2.49. The summed E-state index contributed by atoms with van der Waals surface area (Å²) in [6.45, 7) is 5.20. The number of likely N-dealkylation sites (tertiary alicyclic amines) is 1. The lowest BCUT2D eigenvalue weighted by Gasteiger charge is -2.51. The predicted octanol–water partition coefficient (Wildman–Crippen LogP) is 5.61. The van der Waals surface area contributed by atoms with Crippen molar-refractivity contribution in [1.29, 1.82) is 0 Å². The maximum Gasteiger partial charge on any atom is 0.319 e. The fourth-order valence-corrected chi connectivity index (χ4v) is 9.10. The number of nitrogens with zero attached hydrogens (tertiary/aromatic N) is 4. The fourth-order valence-electron chi connectivity index (χ4n) is 9.10. The Morgan fingerprint density at radius 2 is 1.77 bits per heavy atom. The minimum absolute atomic E-state index is 0.0405. The largest absolute Gasteiger partial charge is 0.508 e. The lowest BCUT2D eigenvalue weighted by Crippen LogP contribution is -2.51. The number of rotatable bonds is 7. The van der Waals surface area contributed by atoms with Crippen molar-refractivity contribution in [3.8, 4) is 35.2 Å². The van der Waals surface area contributed by atoms with Crippen LogP contribution >= 0.6 is 0 Å². The Balaban J connectivity index is 1.05. The number of hydrogen-bond acceptors (Lipinski definition) is 8. The molecule has 0 amide bonds. The van der Waals surface area contributed by atoms with Gasteiger partial charge in [-0.1, -0.05) is 24.1 Å². The van der Waals surface area contributed by atoms with E-state index < -0.39 is 5.82 Å². The summed E-state index contributed by atoms with van der Waals surface area (Å²) >= 11 is 0. The Morgan fingerprint density at radius 1 is 1.00 bits per heavy atom. The quantitative estimate of drug-likeness (QED) is 0.223. The molecule has 248 valence electrons. The van der Waals surface area contributed by atoms with Crippen LogP contribution in [0.3, 0.4) is 0 Å². The molecule has 2 aliphatic carbocycles. The van der Waals surface area contributed by atoms with Crippen molar-refractivity contribution in [2.24, 2.45) is 10.8 Å². The molecular formula is C39H42FN5O3. The average molecular weight is 648 g/mol. The van der Waals surface area contributed by atoms with Crippen molar-refractivity contribution < 1.29 is 19.3 Å². The van der Waals surface area contributed by atoms with Crippen molar-refractivity contribution in [2.45, 2.75) is 69.6 Å². The first-order valence-corrected chi connectivity index (χ1v) is 17.6. The van der Waals surface area contributed by atoms with Crippen LogP contribution < -0.4 is 15.0 Å². The number of hydrogen-bond donors (Lipinski definition) is 3. The number of aromatic hydroxyl groups is 1. The van der Waals surface area contributed by atoms with Crippen LogP contribution in [0.5, 0.6) is 11.8 Å². The van der Waals surface area contributed by atoms with E-state index in [0.717, 1.165) is 89.5 Å². The van der Waals surface area contributed by atoms with Crippen LogP contribution in [-0.4, -0.2) is 82.6 Å². The molecule has 2 atom stereocenters. The van der Waals surface area contributed by atoms with Crippen molar-refractivity contribution in [3.63, 3.8) is 0 Å². The van der Waals surface area contributed by atoms with Gasteiger partial charge in [-0.15, -0.1) is 6.42 Å². The van der Waals surface area contributed by atoms with E-state index in [1.807, 2.05) is 24.3 Å². The molecule has 3 aromatic carbocycles. The molecular weight excluding hydrogens is 605 g/mol. The molecule has 2 unspecified atom stereocenters. The SMILES string of the molecule is C#Cc1cccc2cc(O)cc(-c3ccc4c(N5CC6CCC(C5)N6)nc(OCC5(CN6CCC7(CC6)CC(O)C7)CC5)nc4c3F)c12. The van der Waals surface area contributed by atoms with Gasteiger partial charge in [0.05, 0.1) is 12.7 Å². The van der Waals surface area contributed by atoms with Gasteiger partial charge in [-0.05, 0) is 105 Å². The van der Waals surface area contributed by atoms with Crippen LogP contribution in [0.1, 0.15) is 56.9 Å². The number of benzene rings is 3. The first-order valence-electron chi connectivity index (χ1n) is 17.6. The third-order valence-corrected chi connectivity index (χ3v) is 12.0. The third kappa shape index (κ3) is 5.26. The first-order chi connectivity index (χ1) is 23.3. The van der Waals surface area contributed by atoms with Crippen molar-refractivity contribution >= 4 is 27.5 Å². The first kappa shape index (κ1) is 30.1. The number of fused-ring (bicyclic) bond motifs is 4. The van der Waals surface area contributed by atoms with E-state index in [9.17, 15) is 10.2 Å². The maximum absolute atomic E-state index is 16.9. The number of ether oxygens (including phenoxy) is 1. The average Bonchev–Trinajstić information content (AvgIpc) is 3.76. The molecule has 9 heteroatoms. The molecule has 0 radical (unpaired) electrons. The molecule has 2 saturated carbocycles. The molecule has 8 nitrogen and oxygen atoms in total. The summed E-state index contributed by atoms with van der Waals surface area (Å²) in [7, 11) is 0. The van der Waals surface area contributed by atoms with Gasteiger partial charge in [-0.2, -0.15) is 9.97 Å². The summed E-state index contributed by atoms with van der Waals surface area (Å²) in [6.07, 6.45) is 14.4. The normalized spacial score (nSPS) is 24.6. The van der Waals surface area contributed by atoms with E-state index >= 15 is 4.39 Å². The smallest absolute Gasteiger partial charge is 0.319 e. The molecule has 9 rings (SSSR count). The number of terminal acetylenes is 1. The van der Waals surface area contributed by atoms with Gasteiger partial charge in [-0.25, -0.2) is 4.39 Å². The van der Waals surface area contributed by atoms with E-state index in [4.69, 9.17) is 21.1 Å². The van der Waals surface area contributed by atoms with E-state index in [1.165, 1.54) is 0 Å². The summed E-state index contributed by atoms with van der Waals surface area (Å²) in [5.74, 6) is 3.00. The number of aromatic nitrogens is 2. The van der Waals surface area contributed by atoms with Crippen molar-refractivity contribution in [2.75, 3.05) is 44.2 Å². The second-order valence-electron chi connectivity index (χ2n) is 15.4. The van der Waals surface area contributed by atoms with Gasteiger partial charge < -0.3 is 30.1 Å². The zero-order valence-corrected chi connectivity index (χ0v) is 27.2. The van der Waals surface area contributed by atoms with E-state index in [0.29, 0.717) is 57.4 Å². The molecule has 1 aromatic heterocycles. The zero-order valence-electron chi connectivity index (χ0n) is 27.2. The summed E-state index contributed by atoms with van der Waals surface area (Å²) in [6, 6.07) is 13.4. The molecule has 48 heavy (non-hydrogen) atoms. The number of halogens is 1. The van der Waals surface area contributed by atoms with Crippen molar-refractivity contribution in [3.05, 3.63) is 53.8 Å². The molecule has 2 bridgehead atoms. The second-order valence-corrected chi connectivity index (χ2v) is 15.4. The zero-order chi connectivity index (χ0) is 32.6. The van der Waals surface area contributed by atoms with Crippen LogP contribution in [0, 0.1) is 29.0 Å². The highest BCUT2D eigenvalue weighted by atomic mass is 19.1. The lowest BCUT2D eigenvalue weighted by molar-refractivity contribution is -0.0706.